The summed E-state index contributed by atoms with van der Waals surface area (Å²) in [5.74, 6) is 0. The van der Waals surface area contributed by atoms with E-state index in [1.54, 1.807) is 10.5 Å². The van der Waals surface area contributed by atoms with Crippen LogP contribution >= 0.6 is 0 Å². The summed E-state index contributed by atoms with van der Waals surface area (Å²) in [4.78, 5) is 0. The van der Waals surface area contributed by atoms with Crippen molar-refractivity contribution in [3.8, 4) is 0 Å². The summed E-state index contributed by atoms with van der Waals surface area (Å²) >= 11 is 0. The van der Waals surface area contributed by atoms with Gasteiger partial charge in [0.2, 0.25) is 0 Å². The van der Waals surface area contributed by atoms with Gasteiger partial charge in [0.05, 0.1) is 0 Å². The van der Waals surface area contributed by atoms with Crippen LogP contribution in [0.5, 0.6) is 0 Å². The smallest absolute Gasteiger partial charge is 0.161 e. The molecule has 0 rings (SSSR count). The fourth-order valence-electron chi connectivity index (χ4n) is 0.524. The Morgan fingerprint density at radius 2 is 1.86 bits per heavy atom. The molecular weight excluding hydrogens is 120 g/mol. The van der Waals surface area contributed by atoms with E-state index in [1.807, 2.05) is 0 Å². The van der Waals surface area contributed by atoms with Gasteiger partial charge in [0, 0.05) is 0 Å². The minimum absolute atomic E-state index is 0.659. The van der Waals surface area contributed by atoms with Crippen LogP contribution in [0.1, 0.15) is 13.8 Å². The van der Waals surface area contributed by atoms with Crippen LogP contribution in [-0.4, -0.2) is 19.5 Å². The van der Waals surface area contributed by atoms with Crippen molar-refractivity contribution < 1.29 is 4.12 Å². The minimum atomic E-state index is -0.659. The predicted octanol–water partition coefficient (Wildman–Crippen LogP) is 0.315. The van der Waals surface area contributed by atoms with Crippen molar-refractivity contribution >= 4 is 19.5 Å². The standard InChI is InChI=1S/C4H13OSi2/c1-3-7(4-2)5-6/h7H,3-4,6H2,1-2H3. The van der Waals surface area contributed by atoms with Gasteiger partial charge in [-0.1, -0.05) is 13.8 Å². The molecule has 0 aliphatic carbocycles. The summed E-state index contributed by atoms with van der Waals surface area (Å²) in [6.45, 7) is 4.41. The normalized spacial score (nSPS) is 10.3. The second-order valence-corrected chi connectivity index (χ2v) is 5.82. The molecule has 3 heteroatoms. The molecule has 0 bridgehead atoms. The Morgan fingerprint density at radius 1 is 1.43 bits per heavy atom. The van der Waals surface area contributed by atoms with Crippen LogP contribution in [0.2, 0.25) is 12.1 Å². The van der Waals surface area contributed by atoms with Crippen LogP contribution in [0.4, 0.5) is 0 Å². The van der Waals surface area contributed by atoms with E-state index in [0.29, 0.717) is 0 Å². The van der Waals surface area contributed by atoms with Gasteiger partial charge in [0.1, 0.15) is 0 Å². The van der Waals surface area contributed by atoms with E-state index in [1.165, 1.54) is 12.1 Å². The molecule has 0 saturated carbocycles. The Kier molecular flexibility index (Phi) is 4.81. The van der Waals surface area contributed by atoms with E-state index in [0.717, 1.165) is 0 Å². The van der Waals surface area contributed by atoms with Gasteiger partial charge in [0.25, 0.3) is 0 Å². The third-order valence-corrected chi connectivity index (χ3v) is 4.85. The summed E-state index contributed by atoms with van der Waals surface area (Å²) in [6.07, 6.45) is 0. The maximum absolute atomic E-state index is 5.22. The first-order valence-corrected chi connectivity index (χ1v) is 5.44. The highest BCUT2D eigenvalue weighted by molar-refractivity contribution is 6.55. The van der Waals surface area contributed by atoms with Gasteiger partial charge in [-0.2, -0.15) is 0 Å². The molecule has 0 aromatic heterocycles. The Balaban J connectivity index is 2.99. The average Bonchev–Trinajstić information content (AvgIpc) is 1.72. The maximum atomic E-state index is 5.22. The molecule has 0 heterocycles. The van der Waals surface area contributed by atoms with Crippen LogP contribution in [0, 0.1) is 0 Å². The van der Waals surface area contributed by atoms with Crippen LogP contribution in [0.15, 0.2) is 0 Å². The summed E-state index contributed by atoms with van der Waals surface area (Å²) in [6, 6.07) is 2.56. The van der Waals surface area contributed by atoms with Crippen molar-refractivity contribution in [2.24, 2.45) is 0 Å². The number of rotatable bonds is 3. The molecule has 0 unspecified atom stereocenters. The van der Waals surface area contributed by atoms with Gasteiger partial charge in [-0.05, 0) is 12.1 Å². The molecule has 0 atom stereocenters. The quantitative estimate of drug-likeness (QED) is 0.504. The highest BCUT2D eigenvalue weighted by atomic mass is 28.3. The van der Waals surface area contributed by atoms with Gasteiger partial charge >= 0.3 is 0 Å². The second-order valence-electron chi connectivity index (χ2n) is 1.61. The number of hydrogen-bond acceptors (Lipinski definition) is 1. The molecule has 0 aromatic carbocycles. The molecule has 7 heavy (non-hydrogen) atoms. The lowest BCUT2D eigenvalue weighted by atomic mass is 11.0. The largest absolute Gasteiger partial charge is 0.463 e. The zero-order valence-corrected chi connectivity index (χ0v) is 7.68. The van der Waals surface area contributed by atoms with Gasteiger partial charge in [-0.25, -0.2) is 0 Å². The molecule has 0 fully saturated rings. The molecule has 0 aliphatic rings. The molecular formula is C4H13OSi2. The molecule has 0 spiro atoms. The lowest BCUT2D eigenvalue weighted by Crippen LogP contribution is -2.12. The molecule has 1 nitrogen and oxygen atoms in total. The van der Waals surface area contributed by atoms with Crippen LogP contribution < -0.4 is 0 Å². The van der Waals surface area contributed by atoms with Gasteiger partial charge in [0.15, 0.2) is 19.5 Å². The van der Waals surface area contributed by atoms with Gasteiger partial charge in [-0.3, -0.25) is 0 Å². The minimum Gasteiger partial charge on any atom is -0.463 e. The van der Waals surface area contributed by atoms with Crippen LogP contribution in [-0.2, 0) is 4.12 Å². The lowest BCUT2D eigenvalue weighted by molar-refractivity contribution is 0.629. The van der Waals surface area contributed by atoms with E-state index in [-0.39, 0.29) is 0 Å². The van der Waals surface area contributed by atoms with Crippen molar-refractivity contribution in [1.82, 2.24) is 0 Å². The Bertz CT molecular complexity index is 31.2. The third kappa shape index (κ3) is 3.02. The zero-order chi connectivity index (χ0) is 5.70. The molecule has 0 N–H and O–H groups in total. The molecule has 1 radical (unpaired) electrons. The topological polar surface area (TPSA) is 9.23 Å². The predicted molar refractivity (Wildman–Crippen MR) is 37.7 cm³/mol. The molecule has 0 aliphatic heterocycles. The van der Waals surface area contributed by atoms with Crippen LogP contribution in [0.3, 0.4) is 0 Å². The molecule has 0 saturated heterocycles. The van der Waals surface area contributed by atoms with Crippen molar-refractivity contribution in [3.05, 3.63) is 0 Å². The summed E-state index contributed by atoms with van der Waals surface area (Å²) in [5, 5.41) is 0. The SMILES string of the molecule is CC[SiH](CC)O[SiH2]. The van der Waals surface area contributed by atoms with E-state index >= 15 is 0 Å². The van der Waals surface area contributed by atoms with Crippen molar-refractivity contribution in [2.75, 3.05) is 0 Å². The van der Waals surface area contributed by atoms with E-state index in [2.05, 4.69) is 13.8 Å². The van der Waals surface area contributed by atoms with Gasteiger partial charge < -0.3 is 4.12 Å². The summed E-state index contributed by atoms with van der Waals surface area (Å²) in [7, 11) is 0.990. The Labute approximate surface area is 50.3 Å². The molecule has 43 valence electrons. The van der Waals surface area contributed by atoms with Crippen molar-refractivity contribution in [2.45, 2.75) is 25.9 Å². The highest BCUT2D eigenvalue weighted by Crippen LogP contribution is 1.95. The fourth-order valence-corrected chi connectivity index (χ4v) is 2.99. The summed E-state index contributed by atoms with van der Waals surface area (Å²) < 4.78 is 5.22. The van der Waals surface area contributed by atoms with Crippen molar-refractivity contribution in [1.29, 1.82) is 0 Å². The molecule has 0 amide bonds. The number of hydrogen-bond donors (Lipinski definition) is 0. The van der Waals surface area contributed by atoms with E-state index in [4.69, 9.17) is 4.12 Å². The van der Waals surface area contributed by atoms with E-state index in [9.17, 15) is 0 Å². The summed E-state index contributed by atoms with van der Waals surface area (Å²) in [5.41, 5.74) is 0. The average molecular weight is 133 g/mol. The Hall–Kier alpha value is 0.394. The highest BCUT2D eigenvalue weighted by Gasteiger charge is 1.99. The zero-order valence-electron chi connectivity index (χ0n) is 5.11. The third-order valence-electron chi connectivity index (χ3n) is 1.15. The second kappa shape index (κ2) is 4.55. The Morgan fingerprint density at radius 3 is 1.86 bits per heavy atom. The first kappa shape index (κ1) is 7.39. The van der Waals surface area contributed by atoms with E-state index < -0.39 is 9.04 Å². The maximum Gasteiger partial charge on any atom is 0.161 e. The fraction of sp³-hybridized carbons (Fsp3) is 1.00. The molecule has 0 aromatic rings. The van der Waals surface area contributed by atoms with Crippen molar-refractivity contribution in [3.63, 3.8) is 0 Å². The van der Waals surface area contributed by atoms with Crippen LogP contribution in [0.25, 0.3) is 0 Å². The van der Waals surface area contributed by atoms with Gasteiger partial charge in [-0.15, -0.1) is 0 Å². The first-order valence-electron chi connectivity index (χ1n) is 2.76. The monoisotopic (exact) mass is 133 g/mol. The lowest BCUT2D eigenvalue weighted by Gasteiger charge is -2.05. The first-order chi connectivity index (χ1) is 3.35.